The molecule has 0 saturated heterocycles. The molecule has 18 heavy (non-hydrogen) atoms. The molecule has 1 heterocycles. The smallest absolute Gasteiger partial charge is 0.123 e. The zero-order chi connectivity index (χ0) is 12.5. The maximum atomic E-state index is 6.13. The van der Waals surface area contributed by atoms with Crippen molar-refractivity contribution in [1.29, 1.82) is 0 Å². The van der Waals surface area contributed by atoms with E-state index in [1.54, 1.807) is 0 Å². The molecule has 1 unspecified atom stereocenters. The monoisotopic (exact) mass is 258 g/mol. The highest BCUT2D eigenvalue weighted by Gasteiger charge is 2.21. The number of fused-ring (bicyclic) bond motifs is 1. The van der Waals surface area contributed by atoms with E-state index < -0.39 is 0 Å². The van der Waals surface area contributed by atoms with Crippen LogP contribution in [-0.2, 0) is 12.8 Å². The molecule has 0 radical (unpaired) electrons. The number of rotatable bonds is 2. The molecular weight excluding hydrogens is 240 g/mol. The summed E-state index contributed by atoms with van der Waals surface area (Å²) in [4.78, 5) is 6.14. The van der Waals surface area contributed by atoms with Crippen molar-refractivity contribution in [3.05, 3.63) is 40.4 Å². The topological polar surface area (TPSA) is 38.9 Å². The summed E-state index contributed by atoms with van der Waals surface area (Å²) in [6, 6.07) is 8.88. The van der Waals surface area contributed by atoms with Crippen LogP contribution in [-0.4, -0.2) is 4.98 Å². The van der Waals surface area contributed by atoms with Gasteiger partial charge < -0.3 is 5.73 Å². The van der Waals surface area contributed by atoms with Crippen molar-refractivity contribution in [3.63, 3.8) is 0 Å². The molecule has 0 amide bonds. The lowest BCUT2D eigenvalue weighted by atomic mass is 9.99. The van der Waals surface area contributed by atoms with Crippen molar-refractivity contribution >= 4 is 11.3 Å². The van der Waals surface area contributed by atoms with Crippen LogP contribution in [0.4, 0.5) is 0 Å². The first-order chi connectivity index (χ1) is 8.78. The van der Waals surface area contributed by atoms with E-state index in [1.165, 1.54) is 22.4 Å². The molecule has 1 aliphatic carbocycles. The fourth-order valence-corrected chi connectivity index (χ4v) is 3.64. The molecule has 0 saturated carbocycles. The summed E-state index contributed by atoms with van der Waals surface area (Å²) in [6.45, 7) is 2.18. The first-order valence-electron chi connectivity index (χ1n) is 6.62. The van der Waals surface area contributed by atoms with Crippen LogP contribution < -0.4 is 5.73 Å². The Balaban J connectivity index is 1.96. The third-order valence-corrected chi connectivity index (χ3v) is 4.79. The van der Waals surface area contributed by atoms with E-state index in [0.29, 0.717) is 0 Å². The van der Waals surface area contributed by atoms with Crippen LogP contribution >= 0.6 is 11.3 Å². The zero-order valence-corrected chi connectivity index (χ0v) is 11.5. The summed E-state index contributed by atoms with van der Waals surface area (Å²) in [5.74, 6) is 0. The second-order valence-electron chi connectivity index (χ2n) is 4.88. The van der Waals surface area contributed by atoms with Crippen LogP contribution in [0.2, 0.25) is 0 Å². The summed E-state index contributed by atoms with van der Waals surface area (Å²) in [5, 5.41) is 1.13. The SMILES string of the molecule is CCc1ccc(-c2nc3c(s2)CCCC3N)cc1. The maximum Gasteiger partial charge on any atom is 0.123 e. The van der Waals surface area contributed by atoms with Gasteiger partial charge in [-0.15, -0.1) is 11.3 Å². The minimum Gasteiger partial charge on any atom is -0.323 e. The lowest BCUT2D eigenvalue weighted by Crippen LogP contribution is -2.16. The number of aryl methyl sites for hydroxylation is 2. The Kier molecular flexibility index (Phi) is 3.18. The first kappa shape index (κ1) is 11.9. The van der Waals surface area contributed by atoms with Crippen molar-refractivity contribution in [1.82, 2.24) is 4.98 Å². The predicted octanol–water partition coefficient (Wildman–Crippen LogP) is 3.71. The van der Waals surface area contributed by atoms with Crippen LogP contribution in [0.5, 0.6) is 0 Å². The van der Waals surface area contributed by atoms with Crippen molar-refractivity contribution in [2.24, 2.45) is 5.73 Å². The number of aromatic nitrogens is 1. The molecule has 0 aliphatic heterocycles. The van der Waals surface area contributed by atoms with Crippen LogP contribution in [0.15, 0.2) is 24.3 Å². The van der Waals surface area contributed by atoms with E-state index in [2.05, 4.69) is 31.2 Å². The van der Waals surface area contributed by atoms with Crippen molar-refractivity contribution < 1.29 is 0 Å². The van der Waals surface area contributed by atoms with Crippen molar-refractivity contribution in [2.75, 3.05) is 0 Å². The molecule has 2 nitrogen and oxygen atoms in total. The maximum absolute atomic E-state index is 6.13. The molecule has 0 bridgehead atoms. The summed E-state index contributed by atoms with van der Waals surface area (Å²) in [6.07, 6.45) is 4.50. The molecule has 3 rings (SSSR count). The molecule has 1 aliphatic rings. The molecule has 2 N–H and O–H groups in total. The molecule has 94 valence electrons. The molecule has 1 aromatic heterocycles. The first-order valence-corrected chi connectivity index (χ1v) is 7.44. The Labute approximate surface area is 112 Å². The molecule has 1 aromatic carbocycles. The van der Waals surface area contributed by atoms with Gasteiger partial charge in [-0.2, -0.15) is 0 Å². The lowest BCUT2D eigenvalue weighted by Gasteiger charge is -2.15. The Morgan fingerprint density at radius 1 is 1.33 bits per heavy atom. The summed E-state index contributed by atoms with van der Waals surface area (Å²) in [5.41, 5.74) is 9.86. The standard InChI is InChI=1S/C15H18N2S/c1-2-10-6-8-11(9-7-10)15-17-14-12(16)4-3-5-13(14)18-15/h6-9,12H,2-5,16H2,1H3. The van der Waals surface area contributed by atoms with Gasteiger partial charge in [-0.05, 0) is 31.2 Å². The van der Waals surface area contributed by atoms with Gasteiger partial charge in [-0.25, -0.2) is 4.98 Å². The highest BCUT2D eigenvalue weighted by atomic mass is 32.1. The number of nitrogens with zero attached hydrogens (tertiary/aromatic N) is 1. The summed E-state index contributed by atoms with van der Waals surface area (Å²) >= 11 is 1.81. The van der Waals surface area contributed by atoms with Gasteiger partial charge in [0.05, 0.1) is 5.69 Å². The van der Waals surface area contributed by atoms with Gasteiger partial charge in [-0.3, -0.25) is 0 Å². The molecule has 0 fully saturated rings. The van der Waals surface area contributed by atoms with Crippen LogP contribution in [0.1, 0.15) is 41.9 Å². The number of hydrogen-bond donors (Lipinski definition) is 1. The fraction of sp³-hybridized carbons (Fsp3) is 0.400. The van der Waals surface area contributed by atoms with E-state index in [1.807, 2.05) is 11.3 Å². The molecule has 3 heteroatoms. The Hall–Kier alpha value is -1.19. The third-order valence-electron chi connectivity index (χ3n) is 3.61. The number of hydrogen-bond acceptors (Lipinski definition) is 3. The van der Waals surface area contributed by atoms with Gasteiger partial charge >= 0.3 is 0 Å². The van der Waals surface area contributed by atoms with Crippen LogP contribution in [0.25, 0.3) is 10.6 Å². The van der Waals surface area contributed by atoms with Gasteiger partial charge in [-0.1, -0.05) is 31.2 Å². The molecule has 0 spiro atoms. The van der Waals surface area contributed by atoms with Gasteiger partial charge in [0, 0.05) is 16.5 Å². The second kappa shape index (κ2) is 4.82. The number of nitrogens with two attached hydrogens (primary N) is 1. The van der Waals surface area contributed by atoms with Gasteiger partial charge in [0.15, 0.2) is 0 Å². The van der Waals surface area contributed by atoms with E-state index in [0.717, 1.165) is 30.0 Å². The van der Waals surface area contributed by atoms with Crippen molar-refractivity contribution in [3.8, 4) is 10.6 Å². The molecule has 2 aromatic rings. The van der Waals surface area contributed by atoms with E-state index in [-0.39, 0.29) is 6.04 Å². The average molecular weight is 258 g/mol. The van der Waals surface area contributed by atoms with E-state index >= 15 is 0 Å². The lowest BCUT2D eigenvalue weighted by molar-refractivity contribution is 0.564. The van der Waals surface area contributed by atoms with Gasteiger partial charge in [0.1, 0.15) is 5.01 Å². The summed E-state index contributed by atoms with van der Waals surface area (Å²) < 4.78 is 0. The normalized spacial score (nSPS) is 18.7. The predicted molar refractivity (Wildman–Crippen MR) is 76.8 cm³/mol. The van der Waals surface area contributed by atoms with E-state index in [9.17, 15) is 0 Å². The summed E-state index contributed by atoms with van der Waals surface area (Å²) in [7, 11) is 0. The number of thiazole rings is 1. The minimum atomic E-state index is 0.147. The van der Waals surface area contributed by atoms with Gasteiger partial charge in [0.2, 0.25) is 0 Å². The molecular formula is C15H18N2S. The van der Waals surface area contributed by atoms with Crippen LogP contribution in [0.3, 0.4) is 0 Å². The Morgan fingerprint density at radius 3 is 2.78 bits per heavy atom. The number of benzene rings is 1. The second-order valence-corrected chi connectivity index (χ2v) is 5.96. The highest BCUT2D eigenvalue weighted by molar-refractivity contribution is 7.15. The zero-order valence-electron chi connectivity index (χ0n) is 10.6. The average Bonchev–Trinajstić information content (AvgIpc) is 2.84. The quantitative estimate of drug-likeness (QED) is 0.892. The van der Waals surface area contributed by atoms with Crippen LogP contribution in [0, 0.1) is 0 Å². The highest BCUT2D eigenvalue weighted by Crippen LogP contribution is 2.36. The largest absolute Gasteiger partial charge is 0.323 e. The van der Waals surface area contributed by atoms with Crippen molar-refractivity contribution in [2.45, 2.75) is 38.6 Å². The van der Waals surface area contributed by atoms with Gasteiger partial charge in [0.25, 0.3) is 0 Å². The molecule has 1 atom stereocenters. The Morgan fingerprint density at radius 2 is 2.11 bits per heavy atom. The third kappa shape index (κ3) is 2.08. The van der Waals surface area contributed by atoms with E-state index in [4.69, 9.17) is 10.7 Å². The fourth-order valence-electron chi connectivity index (χ4n) is 2.46. The Bertz CT molecular complexity index is 542. The minimum absolute atomic E-state index is 0.147.